The Kier molecular flexibility index (Phi) is 8.58. The minimum absolute atomic E-state index is 0.0452. The number of esters is 1. The number of amides is 1. The number of alkyl halides is 2. The molecule has 0 heterocycles. The molecule has 0 spiro atoms. The van der Waals surface area contributed by atoms with Gasteiger partial charge in [-0.3, -0.25) is 4.79 Å². The van der Waals surface area contributed by atoms with Crippen LogP contribution in [0.3, 0.4) is 0 Å². The van der Waals surface area contributed by atoms with Crippen LogP contribution in [0.15, 0.2) is 48.5 Å². The summed E-state index contributed by atoms with van der Waals surface area (Å²) in [5, 5.41) is 2.80. The molecule has 0 saturated heterocycles. The van der Waals surface area contributed by atoms with Crippen molar-refractivity contribution >= 4 is 11.9 Å². The van der Waals surface area contributed by atoms with Crippen LogP contribution in [-0.2, 0) is 9.53 Å². The molecule has 2 aromatic rings. The minimum atomic E-state index is -3.02. The topological polar surface area (TPSA) is 73.9 Å². The van der Waals surface area contributed by atoms with Crippen LogP contribution >= 0.6 is 0 Å². The molecule has 2 rings (SSSR count). The average molecular weight is 421 g/mol. The first-order valence-corrected chi connectivity index (χ1v) is 9.52. The van der Waals surface area contributed by atoms with E-state index >= 15 is 0 Å². The molecule has 0 aliphatic carbocycles. The summed E-state index contributed by atoms with van der Waals surface area (Å²) < 4.78 is 39.3. The lowest BCUT2D eigenvalue weighted by molar-refractivity contribution is -0.129. The number of halogens is 2. The normalized spacial score (nSPS) is 12.7. The Labute approximate surface area is 174 Å². The van der Waals surface area contributed by atoms with Gasteiger partial charge in [0.1, 0.15) is 0 Å². The zero-order valence-electron chi connectivity index (χ0n) is 17.1. The number of ether oxygens (including phenoxy) is 3. The van der Waals surface area contributed by atoms with Crippen LogP contribution in [-0.4, -0.2) is 38.2 Å². The molecule has 1 N–H and O–H groups in total. The standard InChI is InChI=1S/C22H25F2NO5/c1-4-15(16-8-6-5-7-9-16)13-25-20(26)14(2)29-21(27)17-10-11-18(30-22(23)24)19(12-17)28-3/h5-12,14-15,22H,4,13H2,1-3H3,(H,25,26)/t14-,15-/m1/s1. The molecule has 0 radical (unpaired) electrons. The summed E-state index contributed by atoms with van der Waals surface area (Å²) in [6.45, 7) is 0.877. The maximum Gasteiger partial charge on any atom is 0.387 e. The number of benzene rings is 2. The Morgan fingerprint density at radius 3 is 2.37 bits per heavy atom. The van der Waals surface area contributed by atoms with Crippen LogP contribution in [0.4, 0.5) is 8.78 Å². The SMILES string of the molecule is CC[C@H](CNC(=O)[C@@H](C)OC(=O)c1ccc(OC(F)F)c(OC)c1)c1ccccc1. The van der Waals surface area contributed by atoms with Gasteiger partial charge in [0, 0.05) is 12.5 Å². The van der Waals surface area contributed by atoms with Crippen molar-refractivity contribution in [2.75, 3.05) is 13.7 Å². The largest absolute Gasteiger partial charge is 0.493 e. The third-order valence-electron chi connectivity index (χ3n) is 4.55. The number of hydrogen-bond acceptors (Lipinski definition) is 5. The molecular formula is C22H25F2NO5. The molecular weight excluding hydrogens is 396 g/mol. The number of hydrogen-bond donors (Lipinski definition) is 1. The molecule has 30 heavy (non-hydrogen) atoms. The van der Waals surface area contributed by atoms with Crippen molar-refractivity contribution in [2.45, 2.75) is 38.9 Å². The first-order chi connectivity index (χ1) is 14.3. The highest BCUT2D eigenvalue weighted by Gasteiger charge is 2.21. The van der Waals surface area contributed by atoms with Gasteiger partial charge in [0.05, 0.1) is 12.7 Å². The van der Waals surface area contributed by atoms with E-state index in [1.807, 2.05) is 37.3 Å². The maximum atomic E-state index is 12.4. The molecule has 6 nitrogen and oxygen atoms in total. The third kappa shape index (κ3) is 6.43. The van der Waals surface area contributed by atoms with E-state index in [0.29, 0.717) is 6.54 Å². The second-order valence-corrected chi connectivity index (χ2v) is 6.55. The fraction of sp³-hybridized carbons (Fsp3) is 0.364. The Balaban J connectivity index is 1.95. The highest BCUT2D eigenvalue weighted by atomic mass is 19.3. The van der Waals surface area contributed by atoms with Crippen LogP contribution in [0.25, 0.3) is 0 Å². The number of carbonyl (C=O) groups is 2. The van der Waals surface area contributed by atoms with Crippen LogP contribution < -0.4 is 14.8 Å². The fourth-order valence-corrected chi connectivity index (χ4v) is 2.86. The van der Waals surface area contributed by atoms with Gasteiger partial charge in [-0.05, 0) is 37.1 Å². The lowest BCUT2D eigenvalue weighted by Gasteiger charge is -2.19. The molecule has 1 amide bonds. The quantitative estimate of drug-likeness (QED) is 0.584. The summed E-state index contributed by atoms with van der Waals surface area (Å²) in [7, 11) is 1.26. The summed E-state index contributed by atoms with van der Waals surface area (Å²) in [4.78, 5) is 24.7. The van der Waals surface area contributed by atoms with Gasteiger partial charge in [0.2, 0.25) is 0 Å². The van der Waals surface area contributed by atoms with Gasteiger partial charge in [-0.1, -0.05) is 37.3 Å². The molecule has 0 aliphatic rings. The van der Waals surface area contributed by atoms with Gasteiger partial charge in [0.15, 0.2) is 17.6 Å². The van der Waals surface area contributed by atoms with Gasteiger partial charge in [-0.15, -0.1) is 0 Å². The van der Waals surface area contributed by atoms with Crippen molar-refractivity contribution in [3.8, 4) is 11.5 Å². The first kappa shape index (κ1) is 23.1. The predicted octanol–water partition coefficient (Wildman–Crippen LogP) is 4.15. The average Bonchev–Trinajstić information content (AvgIpc) is 2.74. The molecule has 2 aromatic carbocycles. The van der Waals surface area contributed by atoms with Gasteiger partial charge >= 0.3 is 12.6 Å². The highest BCUT2D eigenvalue weighted by Crippen LogP contribution is 2.29. The summed E-state index contributed by atoms with van der Waals surface area (Å²) in [5.41, 5.74) is 1.16. The van der Waals surface area contributed by atoms with E-state index in [1.54, 1.807) is 0 Å². The van der Waals surface area contributed by atoms with Crippen LogP contribution in [0, 0.1) is 0 Å². The summed E-state index contributed by atoms with van der Waals surface area (Å²) in [5.74, 6) is -1.32. The van der Waals surface area contributed by atoms with E-state index in [9.17, 15) is 18.4 Å². The smallest absolute Gasteiger partial charge is 0.387 e. The molecule has 0 fully saturated rings. The van der Waals surface area contributed by atoms with E-state index in [4.69, 9.17) is 9.47 Å². The summed E-state index contributed by atoms with van der Waals surface area (Å²) in [6.07, 6.45) is -0.195. The Bertz CT molecular complexity index is 845. The lowest BCUT2D eigenvalue weighted by Crippen LogP contribution is -2.38. The summed E-state index contributed by atoms with van der Waals surface area (Å²) >= 11 is 0. The number of rotatable bonds is 10. The van der Waals surface area contributed by atoms with Crippen molar-refractivity contribution in [3.05, 3.63) is 59.7 Å². The number of nitrogens with one attached hydrogen (secondary N) is 1. The van der Waals surface area contributed by atoms with Crippen LogP contribution in [0.1, 0.15) is 42.1 Å². The van der Waals surface area contributed by atoms with Gasteiger partial charge in [-0.25, -0.2) is 4.79 Å². The molecule has 0 unspecified atom stereocenters. The minimum Gasteiger partial charge on any atom is -0.493 e. The van der Waals surface area contributed by atoms with Gasteiger partial charge in [0.25, 0.3) is 5.91 Å². The van der Waals surface area contributed by atoms with E-state index in [-0.39, 0.29) is 23.0 Å². The van der Waals surface area contributed by atoms with Crippen molar-refractivity contribution in [1.29, 1.82) is 0 Å². The van der Waals surface area contributed by atoms with Gasteiger partial charge in [-0.2, -0.15) is 8.78 Å². The van der Waals surface area contributed by atoms with E-state index in [0.717, 1.165) is 12.0 Å². The van der Waals surface area contributed by atoms with Crippen LogP contribution in [0.5, 0.6) is 11.5 Å². The predicted molar refractivity (Wildman–Crippen MR) is 107 cm³/mol. The Hall–Kier alpha value is -3.16. The zero-order valence-corrected chi connectivity index (χ0v) is 17.1. The summed E-state index contributed by atoms with van der Waals surface area (Å²) in [6, 6.07) is 13.5. The van der Waals surface area contributed by atoms with Gasteiger partial charge < -0.3 is 19.5 Å². The Morgan fingerprint density at radius 2 is 1.77 bits per heavy atom. The molecule has 0 saturated carbocycles. The fourth-order valence-electron chi connectivity index (χ4n) is 2.86. The molecule has 8 heteroatoms. The Morgan fingerprint density at radius 1 is 1.07 bits per heavy atom. The molecule has 0 aromatic heterocycles. The zero-order chi connectivity index (χ0) is 22.1. The van der Waals surface area contributed by atoms with Crippen molar-refractivity contribution in [1.82, 2.24) is 5.32 Å². The molecule has 0 bridgehead atoms. The van der Waals surface area contributed by atoms with E-state index < -0.39 is 24.6 Å². The first-order valence-electron chi connectivity index (χ1n) is 9.52. The molecule has 0 aliphatic heterocycles. The van der Waals surface area contributed by atoms with Crippen molar-refractivity contribution < 1.29 is 32.6 Å². The monoisotopic (exact) mass is 421 g/mol. The van der Waals surface area contributed by atoms with Crippen LogP contribution in [0.2, 0.25) is 0 Å². The lowest BCUT2D eigenvalue weighted by atomic mass is 9.96. The van der Waals surface area contributed by atoms with E-state index in [2.05, 4.69) is 10.1 Å². The van der Waals surface area contributed by atoms with Crippen molar-refractivity contribution in [2.24, 2.45) is 0 Å². The number of methoxy groups -OCH3 is 1. The highest BCUT2D eigenvalue weighted by molar-refractivity contribution is 5.92. The molecule has 2 atom stereocenters. The van der Waals surface area contributed by atoms with E-state index in [1.165, 1.54) is 32.2 Å². The molecule has 162 valence electrons. The third-order valence-corrected chi connectivity index (χ3v) is 4.55. The second-order valence-electron chi connectivity index (χ2n) is 6.55. The second kappa shape index (κ2) is 11.1. The maximum absolute atomic E-state index is 12.4. The number of carbonyl (C=O) groups excluding carboxylic acids is 2. The van der Waals surface area contributed by atoms with Crippen molar-refractivity contribution in [3.63, 3.8) is 0 Å².